The van der Waals surface area contributed by atoms with Crippen LogP contribution in [-0.4, -0.2) is 42.0 Å². The summed E-state index contributed by atoms with van der Waals surface area (Å²) in [5.74, 6) is 1.13. The first-order valence-corrected chi connectivity index (χ1v) is 8.88. The minimum absolute atomic E-state index is 0.152. The third kappa shape index (κ3) is 3.80. The third-order valence-corrected chi connectivity index (χ3v) is 4.87. The summed E-state index contributed by atoms with van der Waals surface area (Å²) in [5.41, 5.74) is 0.755. The fourth-order valence-corrected chi connectivity index (χ4v) is 3.27. The molecule has 1 amide bonds. The minimum atomic E-state index is -0.255. The first-order valence-electron chi connectivity index (χ1n) is 8.09. The number of amides is 1. The molecule has 0 aliphatic carbocycles. The molecule has 0 spiro atoms. The predicted octanol–water partition coefficient (Wildman–Crippen LogP) is 2.98. The number of benzene rings is 2. The van der Waals surface area contributed by atoms with Gasteiger partial charge in [0, 0.05) is 12.6 Å². The molecular weight excluding hydrogens is 414 g/mol. The number of nitrogens with one attached hydrogen (secondary N) is 1. The summed E-state index contributed by atoms with van der Waals surface area (Å²) in [4.78, 5) is 33.6. The van der Waals surface area contributed by atoms with Gasteiger partial charge in [0.1, 0.15) is 21.8 Å². The average molecular weight is 432 g/mol. The Hall–Kier alpha value is -2.87. The van der Waals surface area contributed by atoms with E-state index in [9.17, 15) is 9.59 Å². The van der Waals surface area contributed by atoms with Gasteiger partial charge in [0.15, 0.2) is 0 Å². The molecule has 7 nitrogen and oxygen atoms in total. The van der Waals surface area contributed by atoms with Gasteiger partial charge in [-0.15, -0.1) is 0 Å². The molecule has 1 aromatic heterocycles. The van der Waals surface area contributed by atoms with Crippen LogP contribution in [0.25, 0.3) is 10.9 Å². The van der Waals surface area contributed by atoms with Crippen molar-refractivity contribution in [1.29, 1.82) is 0 Å². The highest BCUT2D eigenvalue weighted by molar-refractivity contribution is 9.10. The molecule has 1 heterocycles. The summed E-state index contributed by atoms with van der Waals surface area (Å²) < 4.78 is 11.2. The van der Waals surface area contributed by atoms with Gasteiger partial charge in [-0.3, -0.25) is 9.59 Å². The third-order valence-electron chi connectivity index (χ3n) is 4.09. The molecule has 8 heteroatoms. The lowest BCUT2D eigenvalue weighted by Crippen LogP contribution is -2.28. The highest BCUT2D eigenvalue weighted by atomic mass is 79.9. The lowest BCUT2D eigenvalue weighted by atomic mass is 10.1. The van der Waals surface area contributed by atoms with Gasteiger partial charge in [-0.05, 0) is 40.2 Å². The van der Waals surface area contributed by atoms with Crippen molar-refractivity contribution < 1.29 is 14.3 Å². The number of carbonyl (C=O) groups excluding carboxylic acids is 1. The van der Waals surface area contributed by atoms with Crippen LogP contribution < -0.4 is 15.0 Å². The summed E-state index contributed by atoms with van der Waals surface area (Å²) in [7, 11) is 4.67. The molecule has 0 radical (unpaired) electrons. The van der Waals surface area contributed by atoms with Gasteiger partial charge in [-0.25, -0.2) is 4.98 Å². The van der Waals surface area contributed by atoms with Crippen molar-refractivity contribution in [2.45, 2.75) is 6.54 Å². The van der Waals surface area contributed by atoms with Crippen LogP contribution in [0.15, 0.2) is 45.7 Å². The molecule has 3 aromatic rings. The van der Waals surface area contributed by atoms with Crippen LogP contribution in [0.5, 0.6) is 11.5 Å². The standard InChI is InChI=1S/C19H18BrN3O4/c1-23(10-16-21-13-7-5-4-6-12(13)18(24)22-16)19(25)11-8-14(26-2)17(20)15(9-11)27-3/h4-9H,10H2,1-3H3,(H,21,22,24). The fourth-order valence-electron chi connectivity index (χ4n) is 2.72. The predicted molar refractivity (Wildman–Crippen MR) is 105 cm³/mol. The smallest absolute Gasteiger partial charge is 0.258 e. The second-order valence-corrected chi connectivity index (χ2v) is 6.68. The van der Waals surface area contributed by atoms with E-state index in [1.807, 2.05) is 6.07 Å². The van der Waals surface area contributed by atoms with E-state index in [0.29, 0.717) is 38.3 Å². The molecule has 0 bridgehead atoms. The molecule has 27 heavy (non-hydrogen) atoms. The zero-order valence-electron chi connectivity index (χ0n) is 15.1. The first kappa shape index (κ1) is 18.9. The van der Waals surface area contributed by atoms with Crippen LogP contribution in [0.1, 0.15) is 16.2 Å². The molecule has 1 N–H and O–H groups in total. The highest BCUT2D eigenvalue weighted by Gasteiger charge is 2.18. The number of rotatable bonds is 5. The normalized spacial score (nSPS) is 10.7. The van der Waals surface area contributed by atoms with Gasteiger partial charge in [0.25, 0.3) is 11.5 Å². The summed E-state index contributed by atoms with van der Waals surface area (Å²) >= 11 is 3.38. The molecule has 140 valence electrons. The number of aromatic nitrogens is 2. The van der Waals surface area contributed by atoms with E-state index >= 15 is 0 Å². The fraction of sp³-hybridized carbons (Fsp3) is 0.211. The second-order valence-electron chi connectivity index (χ2n) is 5.89. The van der Waals surface area contributed by atoms with Gasteiger partial charge in [-0.2, -0.15) is 0 Å². The van der Waals surface area contributed by atoms with E-state index in [1.165, 1.54) is 19.1 Å². The average Bonchev–Trinajstić information content (AvgIpc) is 2.67. The van der Waals surface area contributed by atoms with Crippen LogP contribution in [0.2, 0.25) is 0 Å². The number of nitrogens with zero attached hydrogens (tertiary/aromatic N) is 2. The van der Waals surface area contributed by atoms with Crippen LogP contribution in [0.3, 0.4) is 0 Å². The van der Waals surface area contributed by atoms with Gasteiger partial charge >= 0.3 is 0 Å². The second kappa shape index (κ2) is 7.79. The number of para-hydroxylation sites is 1. The van der Waals surface area contributed by atoms with Crippen LogP contribution in [-0.2, 0) is 6.54 Å². The van der Waals surface area contributed by atoms with Crippen molar-refractivity contribution in [3.05, 3.63) is 62.6 Å². The summed E-state index contributed by atoms with van der Waals surface area (Å²) in [6.45, 7) is 0.152. The Balaban J connectivity index is 1.89. The number of halogens is 1. The Bertz CT molecular complexity index is 1040. The highest BCUT2D eigenvalue weighted by Crippen LogP contribution is 2.35. The first-order chi connectivity index (χ1) is 12.9. The van der Waals surface area contributed by atoms with E-state index in [1.54, 1.807) is 37.4 Å². The zero-order chi connectivity index (χ0) is 19.6. The van der Waals surface area contributed by atoms with Gasteiger partial charge in [0.2, 0.25) is 0 Å². The van der Waals surface area contributed by atoms with Crippen molar-refractivity contribution in [2.75, 3.05) is 21.3 Å². The molecule has 0 fully saturated rings. The molecule has 0 aliphatic rings. The summed E-state index contributed by atoms with van der Waals surface area (Å²) in [6, 6.07) is 10.3. The van der Waals surface area contributed by atoms with E-state index in [-0.39, 0.29) is 18.0 Å². The van der Waals surface area contributed by atoms with Crippen molar-refractivity contribution in [2.24, 2.45) is 0 Å². The van der Waals surface area contributed by atoms with Crippen molar-refractivity contribution >= 4 is 32.7 Å². The Morgan fingerprint density at radius 3 is 2.44 bits per heavy atom. The number of hydrogen-bond donors (Lipinski definition) is 1. The van der Waals surface area contributed by atoms with Gasteiger partial charge in [-0.1, -0.05) is 12.1 Å². The maximum atomic E-state index is 12.8. The lowest BCUT2D eigenvalue weighted by Gasteiger charge is -2.18. The molecule has 0 atom stereocenters. The van der Waals surface area contributed by atoms with Crippen molar-refractivity contribution in [3.63, 3.8) is 0 Å². The number of ether oxygens (including phenoxy) is 2. The lowest BCUT2D eigenvalue weighted by molar-refractivity contribution is 0.0780. The zero-order valence-corrected chi connectivity index (χ0v) is 16.7. The van der Waals surface area contributed by atoms with Gasteiger partial charge < -0.3 is 19.4 Å². The summed E-state index contributed by atoms with van der Waals surface area (Å²) in [5, 5.41) is 0.512. The number of hydrogen-bond acceptors (Lipinski definition) is 5. The van der Waals surface area contributed by atoms with Crippen LogP contribution >= 0.6 is 15.9 Å². The van der Waals surface area contributed by atoms with Crippen LogP contribution in [0.4, 0.5) is 0 Å². The monoisotopic (exact) mass is 431 g/mol. The van der Waals surface area contributed by atoms with E-state index in [0.717, 1.165) is 0 Å². The number of methoxy groups -OCH3 is 2. The molecular formula is C19H18BrN3O4. The summed E-state index contributed by atoms with van der Waals surface area (Å²) in [6.07, 6.45) is 0. The number of fused-ring (bicyclic) bond motifs is 1. The van der Waals surface area contributed by atoms with Crippen molar-refractivity contribution in [1.82, 2.24) is 14.9 Å². The Labute approximate surface area is 164 Å². The molecule has 3 rings (SSSR count). The van der Waals surface area contributed by atoms with Gasteiger partial charge in [0.05, 0.1) is 31.7 Å². The largest absolute Gasteiger partial charge is 0.495 e. The topological polar surface area (TPSA) is 84.5 Å². The SMILES string of the molecule is COc1cc(C(=O)N(C)Cc2nc3ccccc3c(=O)[nH]2)cc(OC)c1Br. The molecule has 0 saturated carbocycles. The van der Waals surface area contributed by atoms with E-state index in [2.05, 4.69) is 25.9 Å². The Morgan fingerprint density at radius 1 is 1.19 bits per heavy atom. The quantitative estimate of drug-likeness (QED) is 0.670. The number of H-pyrrole nitrogens is 1. The van der Waals surface area contributed by atoms with E-state index in [4.69, 9.17) is 9.47 Å². The molecule has 0 unspecified atom stereocenters. The maximum absolute atomic E-state index is 12.8. The minimum Gasteiger partial charge on any atom is -0.495 e. The Kier molecular flexibility index (Phi) is 5.46. The molecule has 0 saturated heterocycles. The molecule has 0 aliphatic heterocycles. The Morgan fingerprint density at radius 2 is 1.81 bits per heavy atom. The maximum Gasteiger partial charge on any atom is 0.258 e. The van der Waals surface area contributed by atoms with Crippen LogP contribution in [0, 0.1) is 0 Å². The van der Waals surface area contributed by atoms with Crippen molar-refractivity contribution in [3.8, 4) is 11.5 Å². The number of aromatic amines is 1. The molecule has 2 aromatic carbocycles. The van der Waals surface area contributed by atoms with E-state index < -0.39 is 0 Å². The number of carbonyl (C=O) groups is 1.